The molecule has 0 aliphatic rings. The third-order valence-corrected chi connectivity index (χ3v) is 4.64. The van der Waals surface area contributed by atoms with Gasteiger partial charge in [0.1, 0.15) is 5.75 Å². The number of anilines is 3. The number of carbonyl (C=O) groups is 2. The summed E-state index contributed by atoms with van der Waals surface area (Å²) >= 11 is 0. The lowest BCUT2D eigenvalue weighted by Crippen LogP contribution is -2.39. The first-order valence-corrected chi connectivity index (χ1v) is 10.00. The molecule has 8 nitrogen and oxygen atoms in total. The molecule has 33 heavy (non-hydrogen) atoms. The van der Waals surface area contributed by atoms with Crippen molar-refractivity contribution in [2.24, 2.45) is 0 Å². The Morgan fingerprint density at radius 2 is 1.33 bits per heavy atom. The maximum Gasteiger partial charge on any atom is 0.243 e. The van der Waals surface area contributed by atoms with Crippen LogP contribution in [0.5, 0.6) is 5.75 Å². The second-order valence-electron chi connectivity index (χ2n) is 7.04. The molecule has 0 heterocycles. The zero-order valence-electron chi connectivity index (χ0n) is 17.9. The summed E-state index contributed by atoms with van der Waals surface area (Å²) < 4.78 is 5.27. The summed E-state index contributed by atoms with van der Waals surface area (Å²) in [6.45, 7) is -0.231. The molecule has 0 spiro atoms. The maximum absolute atomic E-state index is 12.7. The van der Waals surface area contributed by atoms with Gasteiger partial charge in [-0.3, -0.25) is 9.59 Å². The molecule has 0 aromatic heterocycles. The topological polar surface area (TPSA) is 118 Å². The van der Waals surface area contributed by atoms with Gasteiger partial charge in [0, 0.05) is 23.1 Å². The van der Waals surface area contributed by atoms with Gasteiger partial charge in [-0.05, 0) is 48.5 Å². The van der Waals surface area contributed by atoms with Crippen molar-refractivity contribution in [2.75, 3.05) is 35.7 Å². The van der Waals surface area contributed by atoms with Crippen LogP contribution in [-0.2, 0) is 9.59 Å². The molecule has 164 valence electrons. The van der Waals surface area contributed by atoms with E-state index in [4.69, 9.17) is 15.3 Å². The molecule has 3 aromatic rings. The van der Waals surface area contributed by atoms with Crippen LogP contribution in [0.2, 0.25) is 0 Å². The number of nitrogens with one attached hydrogen (secondary N) is 2. The summed E-state index contributed by atoms with van der Waals surface area (Å²) in [6, 6.07) is 24.2. The molecule has 3 rings (SSSR count). The van der Waals surface area contributed by atoms with Crippen LogP contribution in [0.1, 0.15) is 11.1 Å². The highest BCUT2D eigenvalue weighted by molar-refractivity contribution is 5.98. The highest BCUT2D eigenvalue weighted by Gasteiger charge is 2.17. The van der Waals surface area contributed by atoms with E-state index in [1.54, 1.807) is 77.7 Å². The second kappa shape index (κ2) is 11.0. The van der Waals surface area contributed by atoms with Gasteiger partial charge in [0.05, 0.1) is 43.5 Å². The summed E-state index contributed by atoms with van der Waals surface area (Å²) in [4.78, 5) is 27.1. The van der Waals surface area contributed by atoms with Gasteiger partial charge < -0.3 is 20.3 Å². The number of hydrogen-bond donors (Lipinski definition) is 2. The second-order valence-corrected chi connectivity index (χ2v) is 7.04. The van der Waals surface area contributed by atoms with E-state index in [0.717, 1.165) is 0 Å². The summed E-state index contributed by atoms with van der Waals surface area (Å²) in [5.41, 5.74) is 2.45. The quantitative estimate of drug-likeness (QED) is 0.554. The molecule has 0 fully saturated rings. The number of rotatable bonds is 8. The predicted octanol–water partition coefficient (Wildman–Crippen LogP) is 3.52. The molecule has 0 unspecified atom stereocenters. The number of methoxy groups -OCH3 is 1. The third kappa shape index (κ3) is 6.58. The molecular formula is C25H21N5O3. The van der Waals surface area contributed by atoms with E-state index in [0.29, 0.717) is 33.9 Å². The van der Waals surface area contributed by atoms with E-state index in [1.807, 2.05) is 12.1 Å². The van der Waals surface area contributed by atoms with Crippen LogP contribution in [-0.4, -0.2) is 32.0 Å². The van der Waals surface area contributed by atoms with Crippen LogP contribution in [0, 0.1) is 22.7 Å². The lowest BCUT2D eigenvalue weighted by atomic mass is 10.2. The van der Waals surface area contributed by atoms with Crippen molar-refractivity contribution in [1.29, 1.82) is 10.5 Å². The van der Waals surface area contributed by atoms with Gasteiger partial charge in [-0.2, -0.15) is 10.5 Å². The Hall–Kier alpha value is -4.82. The fraction of sp³-hybridized carbons (Fsp3) is 0.120. The number of carbonyl (C=O) groups excluding carboxylic acids is 2. The average Bonchev–Trinajstić information content (AvgIpc) is 2.83. The van der Waals surface area contributed by atoms with Gasteiger partial charge in [-0.25, -0.2) is 0 Å². The van der Waals surface area contributed by atoms with Crippen molar-refractivity contribution >= 4 is 28.9 Å². The Bertz CT molecular complexity index is 1170. The fourth-order valence-corrected chi connectivity index (χ4v) is 3.13. The van der Waals surface area contributed by atoms with E-state index < -0.39 is 0 Å². The van der Waals surface area contributed by atoms with Gasteiger partial charge in [-0.15, -0.1) is 0 Å². The van der Waals surface area contributed by atoms with Gasteiger partial charge in [0.2, 0.25) is 11.8 Å². The van der Waals surface area contributed by atoms with Crippen LogP contribution < -0.4 is 20.3 Å². The molecule has 8 heteroatoms. The predicted molar refractivity (Wildman–Crippen MR) is 125 cm³/mol. The third-order valence-electron chi connectivity index (χ3n) is 4.64. The summed E-state index contributed by atoms with van der Waals surface area (Å²) in [6.07, 6.45) is 0. The standard InChI is InChI=1S/C25H21N5O3/c1-33-23-10-4-9-22(13-23)30(16-24(31)28-20-7-2-5-18(11-20)14-26)17-25(32)29-21-8-3-6-19(12-21)15-27/h2-13H,16-17H2,1H3,(H,28,31)(H,29,32). The highest BCUT2D eigenvalue weighted by Crippen LogP contribution is 2.21. The molecule has 0 atom stereocenters. The molecule has 0 saturated heterocycles. The lowest BCUT2D eigenvalue weighted by Gasteiger charge is -2.24. The molecule has 0 saturated carbocycles. The van der Waals surface area contributed by atoms with Crippen LogP contribution >= 0.6 is 0 Å². The van der Waals surface area contributed by atoms with Crippen LogP contribution in [0.4, 0.5) is 17.1 Å². The molecule has 0 aliphatic heterocycles. The van der Waals surface area contributed by atoms with Gasteiger partial charge >= 0.3 is 0 Å². The first kappa shape index (κ1) is 22.9. The number of benzene rings is 3. The van der Waals surface area contributed by atoms with E-state index in [1.165, 1.54) is 7.11 Å². The van der Waals surface area contributed by atoms with Crippen molar-refractivity contribution in [3.63, 3.8) is 0 Å². The van der Waals surface area contributed by atoms with Crippen molar-refractivity contribution in [3.8, 4) is 17.9 Å². The molecule has 3 aromatic carbocycles. The Morgan fingerprint density at radius 1 is 0.818 bits per heavy atom. The summed E-state index contributed by atoms with van der Waals surface area (Å²) in [5.74, 6) is -0.124. The summed E-state index contributed by atoms with van der Waals surface area (Å²) in [7, 11) is 1.53. The zero-order valence-corrected chi connectivity index (χ0v) is 17.9. The zero-order chi connectivity index (χ0) is 23.6. The van der Waals surface area contributed by atoms with Crippen molar-refractivity contribution in [2.45, 2.75) is 0 Å². The van der Waals surface area contributed by atoms with Crippen molar-refractivity contribution < 1.29 is 14.3 Å². The van der Waals surface area contributed by atoms with Crippen LogP contribution in [0.15, 0.2) is 72.8 Å². The van der Waals surface area contributed by atoms with E-state index >= 15 is 0 Å². The maximum atomic E-state index is 12.7. The normalized spacial score (nSPS) is 9.79. The first-order valence-electron chi connectivity index (χ1n) is 10.00. The van der Waals surface area contributed by atoms with Crippen molar-refractivity contribution in [1.82, 2.24) is 0 Å². The summed E-state index contributed by atoms with van der Waals surface area (Å²) in [5, 5.41) is 23.6. The van der Waals surface area contributed by atoms with Gasteiger partial charge in [-0.1, -0.05) is 18.2 Å². The van der Waals surface area contributed by atoms with Gasteiger partial charge in [0.25, 0.3) is 0 Å². The highest BCUT2D eigenvalue weighted by atomic mass is 16.5. The first-order chi connectivity index (χ1) is 16.0. The largest absolute Gasteiger partial charge is 0.497 e. The Balaban J connectivity index is 1.77. The van der Waals surface area contributed by atoms with Gasteiger partial charge in [0.15, 0.2) is 0 Å². The van der Waals surface area contributed by atoms with E-state index in [-0.39, 0.29) is 24.9 Å². The molecule has 0 radical (unpaired) electrons. The minimum Gasteiger partial charge on any atom is -0.497 e. The smallest absolute Gasteiger partial charge is 0.243 e. The molecule has 0 aliphatic carbocycles. The SMILES string of the molecule is COc1cccc(N(CC(=O)Nc2cccc(C#N)c2)CC(=O)Nc2cccc(C#N)c2)c1. The molecular weight excluding hydrogens is 418 g/mol. The number of nitriles is 2. The monoisotopic (exact) mass is 439 g/mol. The Kier molecular flexibility index (Phi) is 7.61. The van der Waals surface area contributed by atoms with E-state index in [2.05, 4.69) is 10.6 Å². The lowest BCUT2D eigenvalue weighted by molar-refractivity contribution is -0.115. The minimum atomic E-state index is -0.354. The Morgan fingerprint density at radius 3 is 1.82 bits per heavy atom. The number of hydrogen-bond acceptors (Lipinski definition) is 6. The van der Waals surface area contributed by atoms with Crippen molar-refractivity contribution in [3.05, 3.63) is 83.9 Å². The Labute approximate surface area is 191 Å². The number of nitrogens with zero attached hydrogens (tertiary/aromatic N) is 3. The van der Waals surface area contributed by atoms with E-state index in [9.17, 15) is 9.59 Å². The fourth-order valence-electron chi connectivity index (χ4n) is 3.13. The minimum absolute atomic E-state index is 0.115. The number of ether oxygens (including phenoxy) is 1. The number of amides is 2. The van der Waals surface area contributed by atoms with Crippen LogP contribution in [0.25, 0.3) is 0 Å². The molecule has 2 N–H and O–H groups in total. The van der Waals surface area contributed by atoms with Crippen LogP contribution in [0.3, 0.4) is 0 Å². The average molecular weight is 439 g/mol. The molecule has 0 bridgehead atoms. The molecule has 2 amide bonds.